The third kappa shape index (κ3) is 55.6. The summed E-state index contributed by atoms with van der Waals surface area (Å²) in [5.74, 6) is -1.05. The van der Waals surface area contributed by atoms with Gasteiger partial charge in [0.15, 0.2) is 6.10 Å². The molecule has 0 aliphatic carbocycles. The van der Waals surface area contributed by atoms with Crippen molar-refractivity contribution in [2.24, 2.45) is 0 Å². The molecule has 1 unspecified atom stereocenters. The molecule has 0 radical (unpaired) electrons. The van der Waals surface area contributed by atoms with Crippen LogP contribution in [-0.2, 0) is 28.6 Å². The molecule has 0 fully saturated rings. The first-order chi connectivity index (χ1) is 34.0. The monoisotopic (exact) mass is 963 g/mol. The molecular formula is C63H110O6. The molecule has 6 heteroatoms. The summed E-state index contributed by atoms with van der Waals surface area (Å²) in [6.07, 6.45) is 73.7. The summed E-state index contributed by atoms with van der Waals surface area (Å²) in [5.41, 5.74) is 0. The van der Waals surface area contributed by atoms with E-state index in [4.69, 9.17) is 14.2 Å². The summed E-state index contributed by atoms with van der Waals surface area (Å²) in [6, 6.07) is 0. The number of carbonyl (C=O) groups excluding carboxylic acids is 3. The van der Waals surface area contributed by atoms with Gasteiger partial charge in [-0.2, -0.15) is 0 Å². The lowest BCUT2D eigenvalue weighted by molar-refractivity contribution is -0.166. The first-order valence-corrected chi connectivity index (χ1v) is 29.4. The van der Waals surface area contributed by atoms with E-state index in [0.717, 1.165) is 83.5 Å². The van der Waals surface area contributed by atoms with Crippen LogP contribution in [0.2, 0.25) is 0 Å². The number of unbranched alkanes of at least 4 members (excludes halogenated alkanes) is 31. The molecule has 0 saturated heterocycles. The van der Waals surface area contributed by atoms with E-state index in [1.807, 2.05) is 6.08 Å². The third-order valence-electron chi connectivity index (χ3n) is 12.7. The molecule has 6 nitrogen and oxygen atoms in total. The summed E-state index contributed by atoms with van der Waals surface area (Å²) in [6.45, 7) is 6.44. The lowest BCUT2D eigenvalue weighted by atomic mass is 10.0. The average Bonchev–Trinajstić information content (AvgIpc) is 3.35. The number of ether oxygens (including phenoxy) is 3. The summed E-state index contributed by atoms with van der Waals surface area (Å²) < 4.78 is 16.7. The van der Waals surface area contributed by atoms with Crippen molar-refractivity contribution in [3.63, 3.8) is 0 Å². The van der Waals surface area contributed by atoms with E-state index in [-0.39, 0.29) is 31.6 Å². The zero-order chi connectivity index (χ0) is 50.0. The highest BCUT2D eigenvalue weighted by Gasteiger charge is 2.19. The van der Waals surface area contributed by atoms with Gasteiger partial charge in [-0.3, -0.25) is 14.4 Å². The van der Waals surface area contributed by atoms with E-state index < -0.39 is 12.1 Å². The van der Waals surface area contributed by atoms with E-state index >= 15 is 0 Å². The number of allylic oxidation sites excluding steroid dienone is 11. The van der Waals surface area contributed by atoms with Crippen LogP contribution >= 0.6 is 0 Å². The molecule has 0 aromatic heterocycles. The summed E-state index contributed by atoms with van der Waals surface area (Å²) in [5, 5.41) is 0. The van der Waals surface area contributed by atoms with Crippen LogP contribution in [0, 0.1) is 0 Å². The summed E-state index contributed by atoms with van der Waals surface area (Å²) >= 11 is 0. The molecule has 0 saturated carbocycles. The quantitative estimate of drug-likeness (QED) is 0.0262. The lowest BCUT2D eigenvalue weighted by Gasteiger charge is -2.18. The highest BCUT2D eigenvalue weighted by atomic mass is 16.6. The number of hydrogen-bond donors (Lipinski definition) is 0. The van der Waals surface area contributed by atoms with Gasteiger partial charge in [0.2, 0.25) is 0 Å². The molecule has 69 heavy (non-hydrogen) atoms. The molecule has 0 spiro atoms. The smallest absolute Gasteiger partial charge is 0.310 e. The van der Waals surface area contributed by atoms with E-state index in [1.54, 1.807) is 6.08 Å². The minimum Gasteiger partial charge on any atom is -0.462 e. The molecule has 0 amide bonds. The van der Waals surface area contributed by atoms with Crippen LogP contribution in [0.4, 0.5) is 0 Å². The number of esters is 3. The Bertz CT molecular complexity index is 1290. The standard InChI is InChI=1S/C63H110O6/c1-4-7-10-13-16-19-22-25-27-28-29-30-31-32-33-34-35-37-38-41-44-47-50-53-56-62(65)68-59-60(58-67-61(64)55-52-49-46-43-40-24-21-18-15-12-9-6-3)69-63(66)57-54-51-48-45-42-39-36-26-23-20-17-14-11-8-5-2/h8,11,17-18,20-21,26,36,42,45,51,54,60H,4-7,9-10,12-16,19,22-25,27-35,37-41,43-44,46-50,52-53,55-59H2,1-3H3/b11-8-,20-17-,21-18-,36-26-,45-42-,54-51-. The van der Waals surface area contributed by atoms with Gasteiger partial charge in [-0.1, -0.05) is 273 Å². The number of hydrogen-bond acceptors (Lipinski definition) is 6. The maximum absolute atomic E-state index is 12.8. The van der Waals surface area contributed by atoms with Crippen molar-refractivity contribution in [3.8, 4) is 0 Å². The van der Waals surface area contributed by atoms with Gasteiger partial charge in [0.05, 0.1) is 6.42 Å². The molecule has 1 atom stereocenters. The van der Waals surface area contributed by atoms with Crippen molar-refractivity contribution in [2.75, 3.05) is 13.2 Å². The molecule has 0 bridgehead atoms. The molecule has 0 aromatic carbocycles. The Morgan fingerprint density at radius 3 is 0.971 bits per heavy atom. The van der Waals surface area contributed by atoms with Crippen LogP contribution in [0.25, 0.3) is 0 Å². The second-order valence-corrected chi connectivity index (χ2v) is 19.5. The van der Waals surface area contributed by atoms with Crippen molar-refractivity contribution >= 4 is 17.9 Å². The fourth-order valence-electron chi connectivity index (χ4n) is 8.34. The maximum Gasteiger partial charge on any atom is 0.310 e. The van der Waals surface area contributed by atoms with E-state index in [1.165, 1.54) is 167 Å². The van der Waals surface area contributed by atoms with Crippen LogP contribution < -0.4 is 0 Å². The van der Waals surface area contributed by atoms with Gasteiger partial charge in [-0.15, -0.1) is 0 Å². The van der Waals surface area contributed by atoms with Gasteiger partial charge in [0.1, 0.15) is 13.2 Å². The highest BCUT2D eigenvalue weighted by Crippen LogP contribution is 2.17. The topological polar surface area (TPSA) is 78.9 Å². The van der Waals surface area contributed by atoms with E-state index in [9.17, 15) is 14.4 Å². The number of carbonyl (C=O) groups is 3. The number of rotatable bonds is 53. The summed E-state index contributed by atoms with van der Waals surface area (Å²) in [7, 11) is 0. The van der Waals surface area contributed by atoms with E-state index in [2.05, 4.69) is 81.5 Å². The second-order valence-electron chi connectivity index (χ2n) is 19.5. The largest absolute Gasteiger partial charge is 0.462 e. The predicted molar refractivity (Wildman–Crippen MR) is 298 cm³/mol. The van der Waals surface area contributed by atoms with Crippen LogP contribution in [0.3, 0.4) is 0 Å². The molecular weight excluding hydrogens is 853 g/mol. The molecule has 0 N–H and O–H groups in total. The first kappa shape index (κ1) is 65.8. The lowest BCUT2D eigenvalue weighted by Crippen LogP contribution is -2.30. The van der Waals surface area contributed by atoms with Crippen LogP contribution in [-0.4, -0.2) is 37.2 Å². The average molecular weight is 964 g/mol. The second kappa shape index (κ2) is 57.4. The zero-order valence-corrected chi connectivity index (χ0v) is 45.6. The van der Waals surface area contributed by atoms with Gasteiger partial charge in [-0.05, 0) is 70.6 Å². The van der Waals surface area contributed by atoms with Crippen molar-refractivity contribution in [1.29, 1.82) is 0 Å². The molecule has 0 aliphatic rings. The molecule has 0 aromatic rings. The van der Waals surface area contributed by atoms with Crippen LogP contribution in [0.5, 0.6) is 0 Å². The Morgan fingerprint density at radius 1 is 0.319 bits per heavy atom. The Morgan fingerprint density at radius 2 is 0.609 bits per heavy atom. The fourth-order valence-corrected chi connectivity index (χ4v) is 8.34. The van der Waals surface area contributed by atoms with Crippen molar-refractivity contribution in [1.82, 2.24) is 0 Å². The van der Waals surface area contributed by atoms with E-state index in [0.29, 0.717) is 12.8 Å². The van der Waals surface area contributed by atoms with Crippen LogP contribution in [0.1, 0.15) is 290 Å². The molecule has 0 aliphatic heterocycles. The van der Waals surface area contributed by atoms with Crippen molar-refractivity contribution < 1.29 is 28.6 Å². The maximum atomic E-state index is 12.8. The summed E-state index contributed by atoms with van der Waals surface area (Å²) in [4.78, 5) is 38.0. The third-order valence-corrected chi connectivity index (χ3v) is 12.7. The minimum atomic E-state index is -0.831. The van der Waals surface area contributed by atoms with Crippen molar-refractivity contribution in [3.05, 3.63) is 72.9 Å². The van der Waals surface area contributed by atoms with Gasteiger partial charge < -0.3 is 14.2 Å². The Balaban J connectivity index is 4.32. The van der Waals surface area contributed by atoms with Crippen molar-refractivity contribution in [2.45, 2.75) is 297 Å². The molecule has 0 rings (SSSR count). The van der Waals surface area contributed by atoms with Gasteiger partial charge in [0, 0.05) is 12.8 Å². The van der Waals surface area contributed by atoms with Gasteiger partial charge in [0.25, 0.3) is 0 Å². The minimum absolute atomic E-state index is 0.0973. The Labute approximate surface area is 427 Å². The molecule has 0 heterocycles. The Kier molecular flexibility index (Phi) is 54.8. The predicted octanol–water partition coefficient (Wildman–Crippen LogP) is 19.8. The fraction of sp³-hybridized carbons (Fsp3) is 0.762. The first-order valence-electron chi connectivity index (χ1n) is 29.4. The van der Waals surface area contributed by atoms with Crippen LogP contribution in [0.15, 0.2) is 72.9 Å². The zero-order valence-electron chi connectivity index (χ0n) is 45.6. The van der Waals surface area contributed by atoms with Gasteiger partial charge in [-0.25, -0.2) is 0 Å². The van der Waals surface area contributed by atoms with Gasteiger partial charge >= 0.3 is 17.9 Å². The highest BCUT2D eigenvalue weighted by molar-refractivity contribution is 5.72. The SMILES string of the molecule is CC/C=C\C/C=C\C/C=C\C/C=C\C/C=C\CC(=O)OC(COC(=O)CCCCCCC/C=C\CCCCC)COC(=O)CCCCCCCCCCCCCCCCCCCCCCCCCC. The molecule has 398 valence electrons. The normalized spacial score (nSPS) is 12.6. The Hall–Kier alpha value is -3.15.